The number of hydrogen-bond acceptors (Lipinski definition) is 1. The topological polar surface area (TPSA) is 29.1 Å². The Morgan fingerprint density at radius 2 is 1.75 bits per heavy atom. The maximum atomic E-state index is 12.3. The third-order valence-corrected chi connectivity index (χ3v) is 3.67. The van der Waals surface area contributed by atoms with Gasteiger partial charge in [0, 0.05) is 15.7 Å². The number of halogens is 1. The zero-order chi connectivity index (χ0) is 14.7. The number of amides is 1. The first kappa shape index (κ1) is 14.8. The summed E-state index contributed by atoms with van der Waals surface area (Å²) in [6.07, 6.45) is 0.877. The summed E-state index contributed by atoms with van der Waals surface area (Å²) in [4.78, 5) is 12.3. The molecule has 0 fully saturated rings. The summed E-state index contributed by atoms with van der Waals surface area (Å²) < 4.78 is 1.03. The molecule has 0 aliphatic carbocycles. The number of benzene rings is 2. The third kappa shape index (κ3) is 3.48. The fraction of sp³-hybridized carbons (Fsp3) is 0.235. The molecule has 1 N–H and O–H groups in total. The van der Waals surface area contributed by atoms with Crippen LogP contribution < -0.4 is 5.32 Å². The molecule has 2 aromatic rings. The summed E-state index contributed by atoms with van der Waals surface area (Å²) in [6, 6.07) is 11.8. The molecule has 104 valence electrons. The molecule has 0 atom stereocenters. The quantitative estimate of drug-likeness (QED) is 0.853. The normalized spacial score (nSPS) is 10.4. The molecule has 3 heteroatoms. The van der Waals surface area contributed by atoms with Crippen LogP contribution in [0.1, 0.15) is 34.0 Å². The number of carbonyl (C=O) groups excluding carboxylic acids is 1. The van der Waals surface area contributed by atoms with Crippen molar-refractivity contribution in [2.45, 2.75) is 27.2 Å². The molecule has 0 spiro atoms. The van der Waals surface area contributed by atoms with Gasteiger partial charge in [-0.15, -0.1) is 0 Å². The summed E-state index contributed by atoms with van der Waals surface area (Å²) in [5.41, 5.74) is 4.90. The Morgan fingerprint density at radius 3 is 2.35 bits per heavy atom. The van der Waals surface area contributed by atoms with Crippen LogP contribution >= 0.6 is 15.9 Å². The fourth-order valence-electron chi connectivity index (χ4n) is 2.28. The maximum absolute atomic E-state index is 12.3. The summed E-state index contributed by atoms with van der Waals surface area (Å²) in [7, 11) is 0. The first-order valence-corrected chi connectivity index (χ1v) is 7.47. The Morgan fingerprint density at radius 1 is 1.10 bits per heavy atom. The van der Waals surface area contributed by atoms with Gasteiger partial charge in [-0.1, -0.05) is 40.0 Å². The minimum absolute atomic E-state index is 0.0613. The zero-order valence-electron chi connectivity index (χ0n) is 12.0. The van der Waals surface area contributed by atoms with Gasteiger partial charge in [0.25, 0.3) is 5.91 Å². The van der Waals surface area contributed by atoms with Crippen LogP contribution in [0, 0.1) is 13.8 Å². The lowest BCUT2D eigenvalue weighted by atomic mass is 10.1. The largest absolute Gasteiger partial charge is 0.322 e. The molecule has 2 nitrogen and oxygen atoms in total. The Labute approximate surface area is 128 Å². The molecule has 0 saturated carbocycles. The van der Waals surface area contributed by atoms with Gasteiger partial charge in [-0.25, -0.2) is 0 Å². The van der Waals surface area contributed by atoms with E-state index in [2.05, 4.69) is 34.2 Å². The lowest BCUT2D eigenvalue weighted by Crippen LogP contribution is -2.13. The summed E-state index contributed by atoms with van der Waals surface area (Å²) in [5, 5.41) is 3.00. The van der Waals surface area contributed by atoms with Crippen molar-refractivity contribution in [2.75, 3.05) is 5.32 Å². The molecule has 0 aliphatic rings. The molecule has 0 aliphatic heterocycles. The molecule has 0 heterocycles. The monoisotopic (exact) mass is 331 g/mol. The number of aryl methyl sites for hydroxylation is 3. The van der Waals surface area contributed by atoms with Crippen molar-refractivity contribution in [3.8, 4) is 0 Å². The van der Waals surface area contributed by atoms with Crippen LogP contribution in [0.4, 0.5) is 5.69 Å². The van der Waals surface area contributed by atoms with Crippen LogP contribution in [0.3, 0.4) is 0 Å². The van der Waals surface area contributed by atoms with Gasteiger partial charge in [-0.2, -0.15) is 0 Å². The van der Waals surface area contributed by atoms with Gasteiger partial charge in [-0.05, 0) is 56.2 Å². The predicted octanol–water partition coefficient (Wildman–Crippen LogP) is 4.88. The second kappa shape index (κ2) is 6.23. The molecule has 0 radical (unpaired) electrons. The highest BCUT2D eigenvalue weighted by Gasteiger charge is 2.09. The van der Waals surface area contributed by atoms with Gasteiger partial charge in [-0.3, -0.25) is 4.79 Å². The van der Waals surface area contributed by atoms with E-state index in [1.807, 2.05) is 44.2 Å². The van der Waals surface area contributed by atoms with Crippen molar-refractivity contribution in [1.82, 2.24) is 0 Å². The van der Waals surface area contributed by atoms with E-state index >= 15 is 0 Å². The highest BCUT2D eigenvalue weighted by Crippen LogP contribution is 2.22. The summed E-state index contributed by atoms with van der Waals surface area (Å²) >= 11 is 3.45. The molecular formula is C17H18BrNO. The van der Waals surface area contributed by atoms with Gasteiger partial charge in [0.2, 0.25) is 0 Å². The average Bonchev–Trinajstić information content (AvgIpc) is 2.39. The zero-order valence-corrected chi connectivity index (χ0v) is 13.5. The lowest BCUT2D eigenvalue weighted by Gasteiger charge is -2.11. The van der Waals surface area contributed by atoms with Crippen LogP contribution in [0.5, 0.6) is 0 Å². The van der Waals surface area contributed by atoms with E-state index in [0.29, 0.717) is 5.56 Å². The van der Waals surface area contributed by atoms with Crippen LogP contribution in [0.2, 0.25) is 0 Å². The van der Waals surface area contributed by atoms with Crippen molar-refractivity contribution in [1.29, 1.82) is 0 Å². The lowest BCUT2D eigenvalue weighted by molar-refractivity contribution is 0.102. The highest BCUT2D eigenvalue weighted by atomic mass is 79.9. The fourth-order valence-corrected chi connectivity index (χ4v) is 2.69. The van der Waals surface area contributed by atoms with Crippen LogP contribution in [-0.2, 0) is 6.42 Å². The van der Waals surface area contributed by atoms with Crippen LogP contribution in [-0.4, -0.2) is 5.91 Å². The Kier molecular flexibility index (Phi) is 4.61. The van der Waals surface area contributed by atoms with Crippen molar-refractivity contribution in [3.63, 3.8) is 0 Å². The molecule has 0 bridgehead atoms. The molecule has 1 amide bonds. The summed E-state index contributed by atoms with van der Waals surface area (Å²) in [5.74, 6) is -0.0613. The van der Waals surface area contributed by atoms with Gasteiger partial charge >= 0.3 is 0 Å². The molecule has 20 heavy (non-hydrogen) atoms. The van der Waals surface area contributed by atoms with E-state index in [1.54, 1.807) is 0 Å². The molecule has 0 aromatic heterocycles. The minimum atomic E-state index is -0.0613. The van der Waals surface area contributed by atoms with Gasteiger partial charge in [0.1, 0.15) is 0 Å². The molecule has 0 unspecified atom stereocenters. The number of anilines is 1. The Bertz CT molecular complexity index is 629. The smallest absolute Gasteiger partial charge is 0.255 e. The van der Waals surface area contributed by atoms with Crippen LogP contribution in [0.25, 0.3) is 0 Å². The van der Waals surface area contributed by atoms with Crippen LogP contribution in [0.15, 0.2) is 40.9 Å². The second-order valence-electron chi connectivity index (χ2n) is 4.99. The number of carbonyl (C=O) groups is 1. The molecule has 2 aromatic carbocycles. The van der Waals surface area contributed by atoms with E-state index in [-0.39, 0.29) is 5.91 Å². The van der Waals surface area contributed by atoms with Crippen molar-refractivity contribution >= 4 is 27.5 Å². The predicted molar refractivity (Wildman–Crippen MR) is 87.4 cm³/mol. The van der Waals surface area contributed by atoms with Gasteiger partial charge in [0.05, 0.1) is 0 Å². The first-order valence-electron chi connectivity index (χ1n) is 6.67. The van der Waals surface area contributed by atoms with E-state index in [1.165, 1.54) is 0 Å². The SMILES string of the molecule is CCc1cc(Br)ccc1NC(=O)c1cc(C)cc(C)c1. The second-order valence-corrected chi connectivity index (χ2v) is 5.90. The first-order chi connectivity index (χ1) is 9.49. The standard InChI is InChI=1S/C17H18BrNO/c1-4-13-10-15(18)5-6-16(13)19-17(20)14-8-11(2)7-12(3)9-14/h5-10H,4H2,1-3H3,(H,19,20). The highest BCUT2D eigenvalue weighted by molar-refractivity contribution is 9.10. The van der Waals surface area contributed by atoms with E-state index in [0.717, 1.165) is 33.3 Å². The molecular weight excluding hydrogens is 314 g/mol. The molecule has 0 saturated heterocycles. The summed E-state index contributed by atoms with van der Waals surface area (Å²) in [6.45, 7) is 6.08. The van der Waals surface area contributed by atoms with E-state index < -0.39 is 0 Å². The van der Waals surface area contributed by atoms with E-state index in [4.69, 9.17) is 0 Å². The average molecular weight is 332 g/mol. The van der Waals surface area contributed by atoms with Gasteiger partial charge < -0.3 is 5.32 Å². The minimum Gasteiger partial charge on any atom is -0.322 e. The van der Waals surface area contributed by atoms with Crippen molar-refractivity contribution in [3.05, 3.63) is 63.1 Å². The number of rotatable bonds is 3. The number of nitrogens with one attached hydrogen (secondary N) is 1. The van der Waals surface area contributed by atoms with Crippen molar-refractivity contribution < 1.29 is 4.79 Å². The van der Waals surface area contributed by atoms with Gasteiger partial charge in [0.15, 0.2) is 0 Å². The Hall–Kier alpha value is -1.61. The van der Waals surface area contributed by atoms with Crippen molar-refractivity contribution in [2.24, 2.45) is 0 Å². The molecule has 2 rings (SSSR count). The van der Waals surface area contributed by atoms with E-state index in [9.17, 15) is 4.79 Å². The third-order valence-electron chi connectivity index (χ3n) is 3.18. The number of hydrogen-bond donors (Lipinski definition) is 1. The Balaban J connectivity index is 2.27. The maximum Gasteiger partial charge on any atom is 0.255 e.